The molecule has 0 aliphatic heterocycles. The Labute approximate surface area is 78.9 Å². The number of hydrogen-bond donors (Lipinski definition) is 1. The molecule has 0 saturated carbocycles. The molecule has 0 bridgehead atoms. The van der Waals surface area contributed by atoms with Gasteiger partial charge >= 0.3 is 0 Å². The van der Waals surface area contributed by atoms with E-state index < -0.39 is 0 Å². The highest BCUT2D eigenvalue weighted by Gasteiger charge is 2.03. The molecule has 1 atom stereocenters. The Kier molecular flexibility index (Phi) is 3.71. The molecule has 3 heteroatoms. The second-order valence-corrected chi connectivity index (χ2v) is 2.88. The van der Waals surface area contributed by atoms with Crippen molar-refractivity contribution in [2.45, 2.75) is 26.3 Å². The molecule has 0 spiro atoms. The lowest BCUT2D eigenvalue weighted by Gasteiger charge is -2.08. The Morgan fingerprint density at radius 2 is 2.23 bits per heavy atom. The summed E-state index contributed by atoms with van der Waals surface area (Å²) in [5, 5.41) is 0. The summed E-state index contributed by atoms with van der Waals surface area (Å²) in [4.78, 5) is 4.14. The minimum Gasteiger partial charge on any atom is -0.478 e. The topological polar surface area (TPSA) is 48.1 Å². The summed E-state index contributed by atoms with van der Waals surface area (Å²) >= 11 is 0. The van der Waals surface area contributed by atoms with Gasteiger partial charge in [0.2, 0.25) is 5.88 Å². The van der Waals surface area contributed by atoms with E-state index in [0.717, 1.165) is 12.0 Å². The Bertz CT molecular complexity index is 246. The van der Waals surface area contributed by atoms with Gasteiger partial charge < -0.3 is 10.5 Å². The van der Waals surface area contributed by atoms with E-state index in [-0.39, 0.29) is 6.04 Å². The van der Waals surface area contributed by atoms with Crippen molar-refractivity contribution < 1.29 is 4.74 Å². The van der Waals surface area contributed by atoms with Crippen LogP contribution in [0.4, 0.5) is 0 Å². The molecule has 0 radical (unpaired) electrons. The van der Waals surface area contributed by atoms with E-state index in [4.69, 9.17) is 10.5 Å². The molecule has 0 aliphatic rings. The normalized spacial score (nSPS) is 12.5. The van der Waals surface area contributed by atoms with Gasteiger partial charge in [0.25, 0.3) is 0 Å². The average Bonchev–Trinajstić information content (AvgIpc) is 2.18. The van der Waals surface area contributed by atoms with E-state index in [9.17, 15) is 0 Å². The maximum Gasteiger partial charge on any atom is 0.213 e. The summed E-state index contributed by atoms with van der Waals surface area (Å²) in [6.07, 6.45) is 2.70. The highest BCUT2D eigenvalue weighted by molar-refractivity contribution is 5.20. The summed E-state index contributed by atoms with van der Waals surface area (Å²) in [6, 6.07) is 3.91. The first kappa shape index (κ1) is 9.99. The maximum atomic E-state index is 5.84. The third kappa shape index (κ3) is 2.70. The largest absolute Gasteiger partial charge is 0.478 e. The van der Waals surface area contributed by atoms with Crippen LogP contribution in [0.25, 0.3) is 0 Å². The van der Waals surface area contributed by atoms with Crippen LogP contribution in [0.2, 0.25) is 0 Å². The third-order valence-electron chi connectivity index (χ3n) is 1.92. The molecule has 0 saturated heterocycles. The molecule has 1 heterocycles. The van der Waals surface area contributed by atoms with Gasteiger partial charge in [-0.05, 0) is 18.9 Å². The number of pyridine rings is 1. The van der Waals surface area contributed by atoms with Crippen LogP contribution in [-0.4, -0.2) is 11.6 Å². The van der Waals surface area contributed by atoms with Gasteiger partial charge in [-0.3, -0.25) is 0 Å². The standard InChI is InChI=1S/C10H16N2O/c1-3-9(11)8-5-6-10(12-7-8)13-4-2/h5-7,9H,3-4,11H2,1-2H3/t9-/m1/s1. The van der Waals surface area contributed by atoms with Gasteiger partial charge in [-0.25, -0.2) is 4.98 Å². The average molecular weight is 180 g/mol. The SMILES string of the molecule is CCOc1ccc([C@H](N)CC)cn1. The van der Waals surface area contributed by atoms with Crippen LogP contribution >= 0.6 is 0 Å². The van der Waals surface area contributed by atoms with Crippen molar-refractivity contribution in [2.24, 2.45) is 5.73 Å². The fraction of sp³-hybridized carbons (Fsp3) is 0.500. The van der Waals surface area contributed by atoms with Crippen molar-refractivity contribution in [3.05, 3.63) is 23.9 Å². The summed E-state index contributed by atoms with van der Waals surface area (Å²) in [5.74, 6) is 0.662. The first-order valence-corrected chi connectivity index (χ1v) is 4.62. The molecular formula is C10H16N2O. The van der Waals surface area contributed by atoms with Crippen LogP contribution in [0.15, 0.2) is 18.3 Å². The zero-order valence-electron chi connectivity index (χ0n) is 8.16. The summed E-state index contributed by atoms with van der Waals surface area (Å²) in [6.45, 7) is 4.64. The molecule has 0 amide bonds. The predicted molar refractivity (Wildman–Crippen MR) is 52.6 cm³/mol. The van der Waals surface area contributed by atoms with E-state index in [1.165, 1.54) is 0 Å². The molecular weight excluding hydrogens is 164 g/mol. The highest BCUT2D eigenvalue weighted by atomic mass is 16.5. The van der Waals surface area contributed by atoms with Crippen LogP contribution in [0.1, 0.15) is 31.9 Å². The first-order chi connectivity index (χ1) is 6.27. The van der Waals surface area contributed by atoms with Crippen molar-refractivity contribution in [3.63, 3.8) is 0 Å². The lowest BCUT2D eigenvalue weighted by molar-refractivity contribution is 0.326. The molecule has 0 unspecified atom stereocenters. The Balaban J connectivity index is 2.69. The molecule has 1 rings (SSSR count). The van der Waals surface area contributed by atoms with Crippen molar-refractivity contribution in [1.29, 1.82) is 0 Å². The smallest absolute Gasteiger partial charge is 0.213 e. The first-order valence-electron chi connectivity index (χ1n) is 4.62. The number of hydrogen-bond acceptors (Lipinski definition) is 3. The summed E-state index contributed by atoms with van der Waals surface area (Å²) < 4.78 is 5.22. The van der Waals surface area contributed by atoms with Gasteiger partial charge in [0.1, 0.15) is 0 Å². The molecule has 2 N–H and O–H groups in total. The maximum absolute atomic E-state index is 5.84. The minimum absolute atomic E-state index is 0.0863. The second-order valence-electron chi connectivity index (χ2n) is 2.88. The molecule has 72 valence electrons. The highest BCUT2D eigenvalue weighted by Crippen LogP contribution is 2.14. The molecule has 1 aromatic rings. The van der Waals surface area contributed by atoms with Crippen LogP contribution in [0.5, 0.6) is 5.88 Å². The number of aromatic nitrogens is 1. The van der Waals surface area contributed by atoms with Crippen molar-refractivity contribution in [3.8, 4) is 5.88 Å². The Morgan fingerprint density at radius 3 is 2.69 bits per heavy atom. The van der Waals surface area contributed by atoms with Gasteiger partial charge in [-0.15, -0.1) is 0 Å². The van der Waals surface area contributed by atoms with Crippen LogP contribution in [0, 0.1) is 0 Å². The van der Waals surface area contributed by atoms with Gasteiger partial charge in [-0.2, -0.15) is 0 Å². The predicted octanol–water partition coefficient (Wildman–Crippen LogP) is 1.89. The molecule has 3 nitrogen and oxygen atoms in total. The second kappa shape index (κ2) is 4.82. The van der Waals surface area contributed by atoms with E-state index in [0.29, 0.717) is 12.5 Å². The zero-order chi connectivity index (χ0) is 9.68. The fourth-order valence-electron chi connectivity index (χ4n) is 1.08. The van der Waals surface area contributed by atoms with Crippen molar-refractivity contribution >= 4 is 0 Å². The van der Waals surface area contributed by atoms with Gasteiger partial charge in [0.05, 0.1) is 6.61 Å². The molecule has 13 heavy (non-hydrogen) atoms. The van der Waals surface area contributed by atoms with Crippen LogP contribution in [-0.2, 0) is 0 Å². The van der Waals surface area contributed by atoms with E-state index in [1.807, 2.05) is 19.1 Å². The van der Waals surface area contributed by atoms with Gasteiger partial charge in [-0.1, -0.05) is 13.0 Å². The molecule has 0 aliphatic carbocycles. The van der Waals surface area contributed by atoms with Gasteiger partial charge in [0.15, 0.2) is 0 Å². The Hall–Kier alpha value is -1.09. The van der Waals surface area contributed by atoms with Crippen LogP contribution in [0.3, 0.4) is 0 Å². The lowest BCUT2D eigenvalue weighted by atomic mass is 10.1. The number of rotatable bonds is 4. The summed E-state index contributed by atoms with van der Waals surface area (Å²) in [5.41, 5.74) is 6.90. The molecule has 1 aromatic heterocycles. The molecule has 0 aromatic carbocycles. The van der Waals surface area contributed by atoms with Gasteiger partial charge in [0, 0.05) is 18.3 Å². The van der Waals surface area contributed by atoms with Crippen molar-refractivity contribution in [1.82, 2.24) is 4.98 Å². The van der Waals surface area contributed by atoms with Crippen LogP contribution < -0.4 is 10.5 Å². The summed E-state index contributed by atoms with van der Waals surface area (Å²) in [7, 11) is 0. The van der Waals surface area contributed by atoms with Crippen molar-refractivity contribution in [2.75, 3.05) is 6.61 Å². The third-order valence-corrected chi connectivity index (χ3v) is 1.92. The molecule has 0 fully saturated rings. The number of nitrogens with two attached hydrogens (primary N) is 1. The monoisotopic (exact) mass is 180 g/mol. The van der Waals surface area contributed by atoms with E-state index in [1.54, 1.807) is 6.20 Å². The fourth-order valence-corrected chi connectivity index (χ4v) is 1.08. The van der Waals surface area contributed by atoms with E-state index >= 15 is 0 Å². The quantitative estimate of drug-likeness (QED) is 0.769. The Morgan fingerprint density at radius 1 is 1.46 bits per heavy atom. The number of nitrogens with zero attached hydrogens (tertiary/aromatic N) is 1. The lowest BCUT2D eigenvalue weighted by Crippen LogP contribution is -2.08. The minimum atomic E-state index is 0.0863. The zero-order valence-corrected chi connectivity index (χ0v) is 8.16. The number of ether oxygens (including phenoxy) is 1. The van der Waals surface area contributed by atoms with E-state index in [2.05, 4.69) is 11.9 Å².